The van der Waals surface area contributed by atoms with Crippen LogP contribution in [0.3, 0.4) is 0 Å². The molecule has 1 amide bonds. The van der Waals surface area contributed by atoms with Crippen LogP contribution in [0.15, 0.2) is 18.7 Å². The molecule has 100 valence electrons. The van der Waals surface area contributed by atoms with Crippen molar-refractivity contribution in [2.45, 2.75) is 13.0 Å². The van der Waals surface area contributed by atoms with Crippen molar-refractivity contribution in [2.75, 3.05) is 10.7 Å². The first-order valence-electron chi connectivity index (χ1n) is 5.37. The molecule has 2 rings (SSSR count). The fraction of sp³-hybridized carbons (Fsp3) is 0.222. The second-order valence-electron chi connectivity index (χ2n) is 3.67. The number of carbonyl (C=O) groups is 1. The monoisotopic (exact) mass is 263 g/mol. The van der Waals surface area contributed by atoms with Gasteiger partial charge in [-0.15, -0.1) is 0 Å². The van der Waals surface area contributed by atoms with Gasteiger partial charge in [0.2, 0.25) is 23.8 Å². The van der Waals surface area contributed by atoms with Crippen molar-refractivity contribution in [3.63, 3.8) is 0 Å². The predicted molar refractivity (Wildman–Crippen MR) is 67.0 cm³/mol. The second-order valence-corrected chi connectivity index (χ2v) is 3.67. The zero-order chi connectivity index (χ0) is 13.8. The van der Waals surface area contributed by atoms with Crippen molar-refractivity contribution in [2.24, 2.45) is 11.6 Å². The number of nitrogens with two attached hydrogens (primary N) is 2. The zero-order valence-electron chi connectivity index (χ0n) is 10.1. The maximum atomic E-state index is 11.0. The van der Waals surface area contributed by atoms with Crippen LogP contribution in [-0.2, 0) is 4.79 Å². The number of amides is 1. The van der Waals surface area contributed by atoms with E-state index in [1.54, 1.807) is 23.9 Å². The molecule has 6 N–H and O–H groups in total. The van der Waals surface area contributed by atoms with Crippen LogP contribution in [0.4, 0.5) is 11.9 Å². The molecule has 2 heterocycles. The minimum Gasteiger partial charge on any atom is -0.368 e. The molecule has 0 aliphatic heterocycles. The van der Waals surface area contributed by atoms with Crippen molar-refractivity contribution in [3.8, 4) is 5.95 Å². The smallest absolute Gasteiger partial charge is 0.243 e. The topological polar surface area (TPSA) is 150 Å². The summed E-state index contributed by atoms with van der Waals surface area (Å²) in [6, 6.07) is -0.622. The van der Waals surface area contributed by atoms with Crippen LogP contribution in [0, 0.1) is 0 Å². The predicted octanol–water partition coefficient (Wildman–Crippen LogP) is -1.37. The highest BCUT2D eigenvalue weighted by atomic mass is 16.1. The quantitative estimate of drug-likeness (QED) is 0.381. The summed E-state index contributed by atoms with van der Waals surface area (Å²) >= 11 is 0. The molecule has 10 nitrogen and oxygen atoms in total. The third kappa shape index (κ3) is 2.93. The van der Waals surface area contributed by atoms with Crippen LogP contribution in [0.2, 0.25) is 0 Å². The van der Waals surface area contributed by atoms with Gasteiger partial charge < -0.3 is 11.1 Å². The SMILES string of the molecule is CC(Nc1nc(NN)nc(-n2ccnc2)n1)C(N)=O. The third-order valence-electron chi connectivity index (χ3n) is 2.26. The summed E-state index contributed by atoms with van der Waals surface area (Å²) in [5, 5.41) is 2.75. The summed E-state index contributed by atoms with van der Waals surface area (Å²) in [6.07, 6.45) is 4.77. The highest BCUT2D eigenvalue weighted by Gasteiger charge is 2.12. The van der Waals surface area contributed by atoms with Crippen molar-refractivity contribution in [1.29, 1.82) is 0 Å². The van der Waals surface area contributed by atoms with E-state index < -0.39 is 11.9 Å². The van der Waals surface area contributed by atoms with Gasteiger partial charge >= 0.3 is 0 Å². The number of hydrazine groups is 1. The lowest BCUT2D eigenvalue weighted by molar-refractivity contribution is -0.118. The number of hydrogen-bond donors (Lipinski definition) is 4. The fourth-order valence-electron chi connectivity index (χ4n) is 1.25. The molecule has 0 saturated carbocycles. The summed E-state index contributed by atoms with van der Waals surface area (Å²) in [4.78, 5) is 27.1. The van der Waals surface area contributed by atoms with E-state index in [9.17, 15) is 4.79 Å². The van der Waals surface area contributed by atoms with Gasteiger partial charge in [0.25, 0.3) is 0 Å². The molecule has 1 atom stereocenters. The van der Waals surface area contributed by atoms with Gasteiger partial charge in [-0.3, -0.25) is 14.8 Å². The Hall–Kier alpha value is -2.75. The molecular weight excluding hydrogens is 250 g/mol. The first-order valence-corrected chi connectivity index (χ1v) is 5.37. The van der Waals surface area contributed by atoms with Crippen molar-refractivity contribution < 1.29 is 4.79 Å². The minimum absolute atomic E-state index is 0.151. The Bertz CT molecular complexity index is 567. The maximum Gasteiger partial charge on any atom is 0.243 e. The van der Waals surface area contributed by atoms with Crippen LogP contribution in [-0.4, -0.2) is 36.5 Å². The molecule has 0 aliphatic rings. The van der Waals surface area contributed by atoms with E-state index in [0.29, 0.717) is 5.95 Å². The summed E-state index contributed by atoms with van der Waals surface area (Å²) in [5.41, 5.74) is 7.48. The lowest BCUT2D eigenvalue weighted by Gasteiger charge is -2.11. The normalized spacial score (nSPS) is 11.9. The number of rotatable bonds is 5. The molecule has 1 unspecified atom stereocenters. The van der Waals surface area contributed by atoms with Crippen LogP contribution in [0.1, 0.15) is 6.92 Å². The van der Waals surface area contributed by atoms with E-state index in [-0.39, 0.29) is 11.9 Å². The first-order chi connectivity index (χ1) is 9.10. The molecule has 10 heteroatoms. The largest absolute Gasteiger partial charge is 0.368 e. The summed E-state index contributed by atoms with van der Waals surface area (Å²) in [7, 11) is 0. The lowest BCUT2D eigenvalue weighted by Crippen LogP contribution is -2.33. The average Bonchev–Trinajstić information content (AvgIpc) is 2.92. The second kappa shape index (κ2) is 5.27. The lowest BCUT2D eigenvalue weighted by atomic mass is 10.3. The fourth-order valence-corrected chi connectivity index (χ4v) is 1.25. The van der Waals surface area contributed by atoms with Gasteiger partial charge in [-0.25, -0.2) is 10.8 Å². The molecule has 2 aromatic heterocycles. The van der Waals surface area contributed by atoms with Gasteiger partial charge in [0.1, 0.15) is 12.4 Å². The third-order valence-corrected chi connectivity index (χ3v) is 2.26. The van der Waals surface area contributed by atoms with E-state index in [2.05, 4.69) is 30.7 Å². The van der Waals surface area contributed by atoms with Crippen LogP contribution < -0.4 is 22.3 Å². The number of nitrogens with one attached hydrogen (secondary N) is 2. The molecule has 0 saturated heterocycles. The Morgan fingerprint density at radius 3 is 2.68 bits per heavy atom. The number of imidazole rings is 1. The van der Waals surface area contributed by atoms with E-state index in [4.69, 9.17) is 11.6 Å². The van der Waals surface area contributed by atoms with E-state index >= 15 is 0 Å². The number of primary amides is 1. The van der Waals surface area contributed by atoms with Gasteiger partial charge in [0.05, 0.1) is 0 Å². The Kier molecular flexibility index (Phi) is 3.52. The number of carbonyl (C=O) groups excluding carboxylic acids is 1. The number of hydrogen-bond acceptors (Lipinski definition) is 8. The maximum absolute atomic E-state index is 11.0. The molecule has 0 bridgehead atoms. The van der Waals surface area contributed by atoms with Crippen LogP contribution in [0.5, 0.6) is 0 Å². The van der Waals surface area contributed by atoms with E-state index in [1.165, 1.54) is 6.33 Å². The molecular formula is C9H13N9O. The molecule has 0 aliphatic carbocycles. The number of nitrogens with zero attached hydrogens (tertiary/aromatic N) is 5. The Morgan fingerprint density at radius 1 is 1.37 bits per heavy atom. The van der Waals surface area contributed by atoms with Gasteiger partial charge in [-0.1, -0.05) is 0 Å². The van der Waals surface area contributed by atoms with Crippen molar-refractivity contribution in [3.05, 3.63) is 18.7 Å². The molecule has 0 spiro atoms. The number of anilines is 2. The van der Waals surface area contributed by atoms with Crippen molar-refractivity contribution in [1.82, 2.24) is 24.5 Å². The van der Waals surface area contributed by atoms with Crippen LogP contribution in [0.25, 0.3) is 5.95 Å². The molecule has 0 fully saturated rings. The van der Waals surface area contributed by atoms with Crippen LogP contribution >= 0.6 is 0 Å². The van der Waals surface area contributed by atoms with E-state index in [1.807, 2.05) is 0 Å². The van der Waals surface area contributed by atoms with Gasteiger partial charge in [0.15, 0.2) is 0 Å². The highest BCUT2D eigenvalue weighted by Crippen LogP contribution is 2.09. The van der Waals surface area contributed by atoms with E-state index in [0.717, 1.165) is 0 Å². The minimum atomic E-state index is -0.622. The zero-order valence-corrected chi connectivity index (χ0v) is 10.1. The van der Waals surface area contributed by atoms with Gasteiger partial charge in [0, 0.05) is 12.4 Å². The van der Waals surface area contributed by atoms with Gasteiger partial charge in [-0.2, -0.15) is 15.0 Å². The summed E-state index contributed by atoms with van der Waals surface area (Å²) < 4.78 is 1.57. The average molecular weight is 263 g/mol. The molecule has 0 radical (unpaired) electrons. The summed E-state index contributed by atoms with van der Waals surface area (Å²) in [5.74, 6) is 5.40. The standard InChI is InChI=1S/C9H13N9O/c1-5(6(10)19)13-7-14-8(17-11)16-9(15-7)18-3-2-12-4-18/h2-5H,11H2,1H3,(H2,10,19)(H2,13,14,15,16,17). The number of nitrogen functional groups attached to an aromatic ring is 1. The number of aromatic nitrogens is 5. The Balaban J connectivity index is 2.34. The Labute approximate surface area is 108 Å². The highest BCUT2D eigenvalue weighted by molar-refractivity contribution is 5.81. The van der Waals surface area contributed by atoms with Gasteiger partial charge in [-0.05, 0) is 6.92 Å². The molecule has 2 aromatic rings. The summed E-state index contributed by atoms with van der Waals surface area (Å²) in [6.45, 7) is 1.60. The first kappa shape index (κ1) is 12.7. The molecule has 19 heavy (non-hydrogen) atoms. The Morgan fingerprint density at radius 2 is 2.11 bits per heavy atom. The molecule has 0 aromatic carbocycles. The van der Waals surface area contributed by atoms with Crippen molar-refractivity contribution >= 4 is 17.8 Å².